The largest absolute Gasteiger partial charge is 0.497 e. The number of rotatable bonds is 5. The summed E-state index contributed by atoms with van der Waals surface area (Å²) >= 11 is 0. The van der Waals surface area contributed by atoms with Crippen LogP contribution in [0.1, 0.15) is 28.8 Å². The van der Waals surface area contributed by atoms with E-state index in [1.54, 1.807) is 55.5 Å². The van der Waals surface area contributed by atoms with Crippen molar-refractivity contribution >= 4 is 23.5 Å². The van der Waals surface area contributed by atoms with E-state index in [-0.39, 0.29) is 12.2 Å². The zero-order valence-electron chi connectivity index (χ0n) is 14.9. The smallest absolute Gasteiger partial charge is 0.330 e. The van der Waals surface area contributed by atoms with Crippen LogP contribution in [-0.4, -0.2) is 42.7 Å². The number of fused-ring (bicyclic) bond motifs is 1. The standard InChI is InChI=1S/C20H19NO6/c1-3-27-20(25)17-16(19(23)24)14-6-4-5-7-15(14)18(22)21(17)12-8-10-13(26-2)11-9-12/h4-11,16-17H,3H2,1-2H3,(H,23,24)/t16-,17-/m0/s1. The van der Waals surface area contributed by atoms with Crippen molar-refractivity contribution < 1.29 is 29.0 Å². The van der Waals surface area contributed by atoms with Gasteiger partial charge in [-0.25, -0.2) is 4.79 Å². The number of ether oxygens (including phenoxy) is 2. The van der Waals surface area contributed by atoms with Crippen LogP contribution in [0.25, 0.3) is 0 Å². The molecule has 0 saturated carbocycles. The predicted molar refractivity (Wildman–Crippen MR) is 97.0 cm³/mol. The zero-order valence-corrected chi connectivity index (χ0v) is 14.9. The molecule has 7 heteroatoms. The molecule has 0 aliphatic carbocycles. The van der Waals surface area contributed by atoms with E-state index in [1.165, 1.54) is 12.0 Å². The number of anilines is 1. The van der Waals surface area contributed by atoms with Gasteiger partial charge in [-0.3, -0.25) is 14.5 Å². The molecule has 2 aromatic carbocycles. The molecule has 0 radical (unpaired) electrons. The monoisotopic (exact) mass is 369 g/mol. The van der Waals surface area contributed by atoms with Gasteiger partial charge in [-0.1, -0.05) is 18.2 Å². The molecule has 140 valence electrons. The molecule has 0 spiro atoms. The van der Waals surface area contributed by atoms with Crippen molar-refractivity contribution in [3.05, 3.63) is 59.7 Å². The third-order valence-electron chi connectivity index (χ3n) is 4.48. The molecule has 7 nitrogen and oxygen atoms in total. The molecule has 1 amide bonds. The summed E-state index contributed by atoms with van der Waals surface area (Å²) < 4.78 is 10.2. The Morgan fingerprint density at radius 2 is 1.78 bits per heavy atom. The van der Waals surface area contributed by atoms with Gasteiger partial charge in [0, 0.05) is 11.3 Å². The minimum absolute atomic E-state index is 0.0773. The second kappa shape index (κ2) is 7.49. The summed E-state index contributed by atoms with van der Waals surface area (Å²) in [5.41, 5.74) is 0.943. The molecular formula is C20H19NO6. The van der Waals surface area contributed by atoms with Crippen molar-refractivity contribution in [2.45, 2.75) is 18.9 Å². The van der Waals surface area contributed by atoms with Gasteiger partial charge in [0.2, 0.25) is 0 Å². The average Bonchev–Trinajstić information content (AvgIpc) is 2.68. The molecule has 0 saturated heterocycles. The molecule has 1 aliphatic heterocycles. The van der Waals surface area contributed by atoms with Crippen LogP contribution in [0.4, 0.5) is 5.69 Å². The van der Waals surface area contributed by atoms with Gasteiger partial charge in [0.1, 0.15) is 11.7 Å². The lowest BCUT2D eigenvalue weighted by atomic mass is 9.82. The van der Waals surface area contributed by atoms with E-state index in [9.17, 15) is 19.5 Å². The Morgan fingerprint density at radius 1 is 1.11 bits per heavy atom. The highest BCUT2D eigenvalue weighted by Gasteiger charge is 2.48. The Kier molecular flexibility index (Phi) is 5.12. The summed E-state index contributed by atoms with van der Waals surface area (Å²) in [5.74, 6) is -3.08. The van der Waals surface area contributed by atoms with Gasteiger partial charge in [0.25, 0.3) is 5.91 Å². The van der Waals surface area contributed by atoms with E-state index < -0.39 is 29.8 Å². The first kappa shape index (κ1) is 18.4. The normalized spacial score (nSPS) is 18.6. The summed E-state index contributed by atoms with van der Waals surface area (Å²) in [7, 11) is 1.51. The van der Waals surface area contributed by atoms with Crippen molar-refractivity contribution in [1.29, 1.82) is 0 Å². The molecule has 2 atom stereocenters. The molecule has 0 bridgehead atoms. The molecule has 0 fully saturated rings. The summed E-state index contributed by atoms with van der Waals surface area (Å²) in [5, 5.41) is 9.84. The molecular weight excluding hydrogens is 350 g/mol. The SMILES string of the molecule is CCOC(=O)[C@@H]1[C@@H](C(=O)O)c2ccccc2C(=O)N1c1ccc(OC)cc1. The van der Waals surface area contributed by atoms with Gasteiger partial charge in [-0.2, -0.15) is 0 Å². The Balaban J connectivity index is 2.19. The van der Waals surface area contributed by atoms with Crippen LogP contribution in [0.2, 0.25) is 0 Å². The first-order valence-electron chi connectivity index (χ1n) is 8.45. The first-order chi connectivity index (χ1) is 13.0. The topological polar surface area (TPSA) is 93.1 Å². The molecule has 2 aromatic rings. The molecule has 1 aliphatic rings. The van der Waals surface area contributed by atoms with Crippen LogP contribution in [0.5, 0.6) is 5.75 Å². The van der Waals surface area contributed by atoms with Crippen LogP contribution in [0.15, 0.2) is 48.5 Å². The number of carbonyl (C=O) groups is 3. The van der Waals surface area contributed by atoms with E-state index in [0.717, 1.165) is 0 Å². The Labute approximate surface area is 156 Å². The van der Waals surface area contributed by atoms with Gasteiger partial charge < -0.3 is 14.6 Å². The molecule has 0 unspecified atom stereocenters. The maximum Gasteiger partial charge on any atom is 0.330 e. The molecule has 0 aromatic heterocycles. The number of nitrogens with zero attached hydrogens (tertiary/aromatic N) is 1. The first-order valence-corrected chi connectivity index (χ1v) is 8.45. The molecule has 1 N–H and O–H groups in total. The summed E-state index contributed by atoms with van der Waals surface area (Å²) in [6.07, 6.45) is 0. The van der Waals surface area contributed by atoms with Crippen molar-refractivity contribution in [1.82, 2.24) is 0 Å². The van der Waals surface area contributed by atoms with Crippen molar-refractivity contribution in [2.24, 2.45) is 0 Å². The average molecular weight is 369 g/mol. The van der Waals surface area contributed by atoms with Crippen LogP contribution >= 0.6 is 0 Å². The fraction of sp³-hybridized carbons (Fsp3) is 0.250. The lowest BCUT2D eigenvalue weighted by Crippen LogP contribution is -2.55. The molecule has 1 heterocycles. The van der Waals surface area contributed by atoms with E-state index in [0.29, 0.717) is 17.0 Å². The van der Waals surface area contributed by atoms with Crippen LogP contribution in [-0.2, 0) is 14.3 Å². The Bertz CT molecular complexity index is 876. The van der Waals surface area contributed by atoms with Gasteiger partial charge in [0.15, 0.2) is 6.04 Å². The second-order valence-electron chi connectivity index (χ2n) is 5.97. The number of carbonyl (C=O) groups excluding carboxylic acids is 2. The van der Waals surface area contributed by atoms with Gasteiger partial charge in [-0.05, 0) is 42.8 Å². The van der Waals surface area contributed by atoms with E-state index in [4.69, 9.17) is 9.47 Å². The van der Waals surface area contributed by atoms with Gasteiger partial charge >= 0.3 is 11.9 Å². The lowest BCUT2D eigenvalue weighted by Gasteiger charge is -2.38. The number of aliphatic carboxylic acids is 1. The predicted octanol–water partition coefficient (Wildman–Crippen LogP) is 2.46. The summed E-state index contributed by atoms with van der Waals surface area (Å²) in [6, 6.07) is 11.6. The maximum atomic E-state index is 13.2. The third kappa shape index (κ3) is 3.23. The zero-order chi connectivity index (χ0) is 19.6. The molecule has 3 rings (SSSR count). The van der Waals surface area contributed by atoms with Crippen molar-refractivity contribution in [3.8, 4) is 5.75 Å². The van der Waals surface area contributed by atoms with E-state index in [2.05, 4.69) is 0 Å². The van der Waals surface area contributed by atoms with E-state index in [1.807, 2.05) is 0 Å². The third-order valence-corrected chi connectivity index (χ3v) is 4.48. The van der Waals surface area contributed by atoms with Gasteiger partial charge in [-0.15, -0.1) is 0 Å². The summed E-state index contributed by atoms with van der Waals surface area (Å²) in [4.78, 5) is 39.1. The number of benzene rings is 2. The highest BCUT2D eigenvalue weighted by molar-refractivity contribution is 6.14. The number of hydrogen-bond donors (Lipinski definition) is 1. The lowest BCUT2D eigenvalue weighted by molar-refractivity contribution is -0.150. The highest BCUT2D eigenvalue weighted by atomic mass is 16.5. The number of carboxylic acids is 1. The Hall–Kier alpha value is -3.35. The summed E-state index contributed by atoms with van der Waals surface area (Å²) in [6.45, 7) is 1.71. The Morgan fingerprint density at radius 3 is 2.37 bits per heavy atom. The molecule has 27 heavy (non-hydrogen) atoms. The second-order valence-corrected chi connectivity index (χ2v) is 5.97. The maximum absolute atomic E-state index is 13.2. The number of esters is 1. The minimum Gasteiger partial charge on any atom is -0.497 e. The fourth-order valence-corrected chi connectivity index (χ4v) is 3.30. The van der Waals surface area contributed by atoms with Crippen molar-refractivity contribution in [2.75, 3.05) is 18.6 Å². The van der Waals surface area contributed by atoms with Crippen LogP contribution in [0, 0.1) is 0 Å². The van der Waals surface area contributed by atoms with Crippen LogP contribution < -0.4 is 9.64 Å². The number of methoxy groups -OCH3 is 1. The fourth-order valence-electron chi connectivity index (χ4n) is 3.30. The number of carboxylic acid groups (broad SMARTS) is 1. The van der Waals surface area contributed by atoms with Crippen molar-refractivity contribution in [3.63, 3.8) is 0 Å². The highest BCUT2D eigenvalue weighted by Crippen LogP contribution is 2.37. The number of hydrogen-bond acceptors (Lipinski definition) is 5. The van der Waals surface area contributed by atoms with E-state index >= 15 is 0 Å². The van der Waals surface area contributed by atoms with Crippen LogP contribution in [0.3, 0.4) is 0 Å². The quantitative estimate of drug-likeness (QED) is 0.814. The minimum atomic E-state index is -1.31. The number of amides is 1. The van der Waals surface area contributed by atoms with Gasteiger partial charge in [0.05, 0.1) is 13.7 Å².